The van der Waals surface area contributed by atoms with E-state index in [1.54, 1.807) is 0 Å². The van der Waals surface area contributed by atoms with Crippen LogP contribution in [0.1, 0.15) is 0 Å². The summed E-state index contributed by atoms with van der Waals surface area (Å²) in [4.78, 5) is 8.14. The molecule has 0 aliphatic carbocycles. The van der Waals surface area contributed by atoms with Crippen molar-refractivity contribution in [1.29, 1.82) is 0 Å². The molecule has 0 aromatic heterocycles. The van der Waals surface area contributed by atoms with Gasteiger partial charge in [0.05, 0.1) is 0 Å². The Morgan fingerprint density at radius 1 is 1.17 bits per heavy atom. The summed E-state index contributed by atoms with van der Waals surface area (Å²) in [5.74, 6) is -0.410. The first kappa shape index (κ1) is 11.3. The molecule has 0 spiro atoms. The Hall–Kier alpha value is -0.670. The van der Waals surface area contributed by atoms with Gasteiger partial charge in [0.25, 0.3) is 6.54 Å². The normalized spacial score (nSPS) is 8.33. The molecule has 0 amide bonds. The Morgan fingerprint density at radius 3 is 1.75 bits per heavy atom. The summed E-state index contributed by atoms with van der Waals surface area (Å²) in [7, 11) is 0. The largest absolute Gasteiger partial charge is 0.289 e. The molecule has 1 aromatic carbocycles. The predicted molar refractivity (Wildman–Crippen MR) is 44.3 cm³/mol. The van der Waals surface area contributed by atoms with Crippen molar-refractivity contribution in [2.24, 2.45) is 0 Å². The molecule has 5 heteroatoms. The molecule has 0 radical (unpaired) electrons. The molecule has 66 valence electrons. The SMILES string of the molecule is Fc1cc(Cl)cc(Cl)c1.O=CF. The van der Waals surface area contributed by atoms with E-state index >= 15 is 0 Å². The Balaban J connectivity index is 0.000000354. The zero-order valence-electron chi connectivity index (χ0n) is 5.73. The molecule has 0 aliphatic rings. The van der Waals surface area contributed by atoms with Crippen molar-refractivity contribution in [3.63, 3.8) is 0 Å². The van der Waals surface area contributed by atoms with Gasteiger partial charge in [0.15, 0.2) is 0 Å². The van der Waals surface area contributed by atoms with Gasteiger partial charge in [-0.3, -0.25) is 4.79 Å². The molecule has 1 rings (SSSR count). The molecule has 1 nitrogen and oxygen atoms in total. The number of halogens is 4. The number of hydrogen-bond acceptors (Lipinski definition) is 1. The zero-order chi connectivity index (χ0) is 9.56. The van der Waals surface area contributed by atoms with Gasteiger partial charge in [0.2, 0.25) is 0 Å². The minimum Gasteiger partial charge on any atom is -0.265 e. The molecule has 0 saturated heterocycles. The Kier molecular flexibility index (Phi) is 5.58. The van der Waals surface area contributed by atoms with Crippen LogP contribution in [0.15, 0.2) is 18.2 Å². The smallest absolute Gasteiger partial charge is 0.265 e. The molecule has 0 N–H and O–H groups in total. The van der Waals surface area contributed by atoms with E-state index in [1.165, 1.54) is 18.2 Å². The van der Waals surface area contributed by atoms with E-state index in [4.69, 9.17) is 28.0 Å². The van der Waals surface area contributed by atoms with Crippen LogP contribution in [0.5, 0.6) is 0 Å². The molecule has 0 saturated carbocycles. The first-order chi connectivity index (χ1) is 5.60. The highest BCUT2D eigenvalue weighted by Gasteiger charge is 1.94. The molecule has 0 fully saturated rings. The van der Waals surface area contributed by atoms with Gasteiger partial charge in [0.1, 0.15) is 5.82 Å². The van der Waals surface area contributed by atoms with Gasteiger partial charge in [-0.15, -0.1) is 0 Å². The summed E-state index contributed by atoms with van der Waals surface area (Å²) in [6.45, 7) is -0.750. The number of rotatable bonds is 0. The zero-order valence-corrected chi connectivity index (χ0v) is 7.24. The minimum absolute atomic E-state index is 0.319. The van der Waals surface area contributed by atoms with Crippen molar-refractivity contribution >= 4 is 29.7 Å². The van der Waals surface area contributed by atoms with E-state index in [1.807, 2.05) is 0 Å². The third-order valence-corrected chi connectivity index (χ3v) is 1.26. The molecular formula is C7H4Cl2F2O. The molecule has 0 aliphatic heterocycles. The highest BCUT2D eigenvalue weighted by Crippen LogP contribution is 2.17. The van der Waals surface area contributed by atoms with Crippen LogP contribution in [0.2, 0.25) is 10.0 Å². The van der Waals surface area contributed by atoms with Gasteiger partial charge in [-0.1, -0.05) is 23.2 Å². The van der Waals surface area contributed by atoms with E-state index in [2.05, 4.69) is 0 Å². The first-order valence-corrected chi connectivity index (χ1v) is 3.51. The van der Waals surface area contributed by atoms with E-state index in [-0.39, 0.29) is 0 Å². The first-order valence-electron chi connectivity index (χ1n) is 2.75. The van der Waals surface area contributed by atoms with Gasteiger partial charge >= 0.3 is 0 Å². The number of benzene rings is 1. The summed E-state index contributed by atoms with van der Waals surface area (Å²) in [6.07, 6.45) is 0. The van der Waals surface area contributed by atoms with Crippen LogP contribution in [-0.4, -0.2) is 6.54 Å². The lowest BCUT2D eigenvalue weighted by Crippen LogP contribution is -1.71. The third-order valence-electron chi connectivity index (χ3n) is 0.827. The van der Waals surface area contributed by atoms with Crippen LogP contribution in [0, 0.1) is 5.82 Å². The van der Waals surface area contributed by atoms with Crippen LogP contribution in [-0.2, 0) is 4.79 Å². The summed E-state index contributed by atoms with van der Waals surface area (Å²) in [5.41, 5.74) is 0. The molecule has 0 unspecified atom stereocenters. The maximum atomic E-state index is 12.3. The second-order valence-corrected chi connectivity index (χ2v) is 2.55. The van der Waals surface area contributed by atoms with Crippen molar-refractivity contribution in [1.82, 2.24) is 0 Å². The Labute approximate surface area is 77.9 Å². The molecule has 12 heavy (non-hydrogen) atoms. The van der Waals surface area contributed by atoms with Gasteiger partial charge < -0.3 is 0 Å². The lowest BCUT2D eigenvalue weighted by atomic mass is 10.3. The number of carbonyl (C=O) groups excluding carboxylic acids is 1. The average Bonchev–Trinajstić information content (AvgIpc) is 1.84. The summed E-state index contributed by atoms with van der Waals surface area (Å²) < 4.78 is 21.9. The molecular weight excluding hydrogens is 209 g/mol. The minimum atomic E-state index is -0.750. The second kappa shape index (κ2) is 5.91. The van der Waals surface area contributed by atoms with Gasteiger partial charge in [-0.05, 0) is 18.2 Å². The Bertz CT molecular complexity index is 215. The summed E-state index contributed by atoms with van der Waals surface area (Å²) >= 11 is 10.9. The highest BCUT2D eigenvalue weighted by molar-refractivity contribution is 6.34. The lowest BCUT2D eigenvalue weighted by Gasteiger charge is -1.90. The second-order valence-electron chi connectivity index (χ2n) is 1.68. The molecule has 0 bridgehead atoms. The van der Waals surface area contributed by atoms with Gasteiger partial charge in [0, 0.05) is 10.0 Å². The quantitative estimate of drug-likeness (QED) is 0.477. The monoisotopic (exact) mass is 212 g/mol. The third kappa shape index (κ3) is 5.04. The average molecular weight is 213 g/mol. The summed E-state index contributed by atoms with van der Waals surface area (Å²) in [6, 6.07) is 3.88. The molecule has 1 aromatic rings. The van der Waals surface area contributed by atoms with Crippen LogP contribution < -0.4 is 0 Å². The topological polar surface area (TPSA) is 17.1 Å². The fourth-order valence-electron chi connectivity index (χ4n) is 0.520. The van der Waals surface area contributed by atoms with E-state index in [9.17, 15) is 8.78 Å². The van der Waals surface area contributed by atoms with Gasteiger partial charge in [-0.25, -0.2) is 4.39 Å². The van der Waals surface area contributed by atoms with Crippen LogP contribution in [0.4, 0.5) is 8.78 Å². The fourth-order valence-corrected chi connectivity index (χ4v) is 1.02. The number of carbonyl (C=O) groups is 1. The maximum Gasteiger partial charge on any atom is 0.289 e. The van der Waals surface area contributed by atoms with E-state index in [0.29, 0.717) is 10.0 Å². The van der Waals surface area contributed by atoms with Crippen molar-refractivity contribution in [3.8, 4) is 0 Å². The highest BCUT2D eigenvalue weighted by atomic mass is 35.5. The predicted octanol–water partition coefficient (Wildman–Crippen LogP) is 3.28. The van der Waals surface area contributed by atoms with Gasteiger partial charge in [-0.2, -0.15) is 4.39 Å². The Morgan fingerprint density at radius 2 is 1.50 bits per heavy atom. The van der Waals surface area contributed by atoms with E-state index in [0.717, 1.165) is 0 Å². The van der Waals surface area contributed by atoms with Crippen molar-refractivity contribution < 1.29 is 13.6 Å². The fraction of sp³-hybridized carbons (Fsp3) is 0. The standard InChI is InChI=1S/C6H3Cl2F.CHFO/c7-4-1-5(8)3-6(9)2-4;2-1-3/h1-3H;1H. The summed E-state index contributed by atoms with van der Waals surface area (Å²) in [5, 5.41) is 0.639. The number of hydrogen-bond donors (Lipinski definition) is 0. The lowest BCUT2D eigenvalue weighted by molar-refractivity contribution is 0.510. The molecule has 0 heterocycles. The van der Waals surface area contributed by atoms with Crippen LogP contribution in [0.3, 0.4) is 0 Å². The molecule has 0 atom stereocenters. The van der Waals surface area contributed by atoms with Crippen molar-refractivity contribution in [3.05, 3.63) is 34.1 Å². The van der Waals surface area contributed by atoms with Crippen LogP contribution in [0.25, 0.3) is 0 Å². The van der Waals surface area contributed by atoms with Crippen molar-refractivity contribution in [2.45, 2.75) is 0 Å². The van der Waals surface area contributed by atoms with E-state index < -0.39 is 12.4 Å². The van der Waals surface area contributed by atoms with Crippen LogP contribution >= 0.6 is 23.2 Å². The van der Waals surface area contributed by atoms with Crippen molar-refractivity contribution in [2.75, 3.05) is 0 Å². The maximum absolute atomic E-state index is 12.3.